The van der Waals surface area contributed by atoms with Gasteiger partial charge in [0.25, 0.3) is 0 Å². The van der Waals surface area contributed by atoms with Crippen molar-refractivity contribution < 1.29 is 9.47 Å². The fourth-order valence-electron chi connectivity index (χ4n) is 2.32. The van der Waals surface area contributed by atoms with Gasteiger partial charge in [0.15, 0.2) is 11.5 Å². The Morgan fingerprint density at radius 2 is 1.81 bits per heavy atom. The first-order valence-corrected chi connectivity index (χ1v) is 8.62. The Hall–Kier alpha value is -0.790. The SMILES string of the molecule is NC(c1cccc(I)c1)c1cc2c(cc1Br)OCCCO2. The van der Waals surface area contributed by atoms with Crippen LogP contribution in [-0.4, -0.2) is 13.2 Å². The van der Waals surface area contributed by atoms with Gasteiger partial charge < -0.3 is 15.2 Å². The predicted molar refractivity (Wildman–Crippen MR) is 94.9 cm³/mol. The van der Waals surface area contributed by atoms with Crippen LogP contribution < -0.4 is 15.2 Å². The number of benzene rings is 2. The molecular weight excluding hydrogens is 445 g/mol. The molecule has 0 radical (unpaired) electrons. The largest absolute Gasteiger partial charge is 0.490 e. The molecule has 0 saturated heterocycles. The van der Waals surface area contributed by atoms with Crippen LogP contribution in [0.25, 0.3) is 0 Å². The van der Waals surface area contributed by atoms with E-state index in [0.717, 1.165) is 33.5 Å². The van der Waals surface area contributed by atoms with Crippen molar-refractivity contribution in [1.82, 2.24) is 0 Å². The van der Waals surface area contributed by atoms with Gasteiger partial charge in [-0.1, -0.05) is 28.1 Å². The Morgan fingerprint density at radius 1 is 1.10 bits per heavy atom. The van der Waals surface area contributed by atoms with Gasteiger partial charge in [0.2, 0.25) is 0 Å². The Labute approximate surface area is 146 Å². The molecule has 0 aliphatic carbocycles. The minimum absolute atomic E-state index is 0.203. The molecule has 0 aromatic heterocycles. The summed E-state index contributed by atoms with van der Waals surface area (Å²) in [6.45, 7) is 1.36. The zero-order valence-corrected chi connectivity index (χ0v) is 15.1. The minimum atomic E-state index is -0.203. The van der Waals surface area contributed by atoms with Crippen LogP contribution in [0.15, 0.2) is 40.9 Å². The zero-order valence-electron chi connectivity index (χ0n) is 11.3. The zero-order chi connectivity index (χ0) is 14.8. The van der Waals surface area contributed by atoms with E-state index < -0.39 is 0 Å². The lowest BCUT2D eigenvalue weighted by Crippen LogP contribution is -2.13. The van der Waals surface area contributed by atoms with E-state index in [1.54, 1.807) is 0 Å². The van der Waals surface area contributed by atoms with E-state index in [1.807, 2.05) is 24.3 Å². The second kappa shape index (κ2) is 6.54. The molecule has 1 aliphatic rings. The van der Waals surface area contributed by atoms with Gasteiger partial charge in [-0.15, -0.1) is 0 Å². The Morgan fingerprint density at radius 3 is 2.52 bits per heavy atom. The lowest BCUT2D eigenvalue weighted by Gasteiger charge is -2.17. The Kier molecular flexibility index (Phi) is 4.71. The smallest absolute Gasteiger partial charge is 0.162 e. The molecule has 5 heteroatoms. The maximum absolute atomic E-state index is 6.43. The standard InChI is InChI=1S/C16H15BrINO2/c17-13-9-15-14(20-5-2-6-21-15)8-12(13)16(19)10-3-1-4-11(18)7-10/h1,3-4,7-9,16H,2,5-6,19H2. The topological polar surface area (TPSA) is 44.5 Å². The normalized spacial score (nSPS) is 15.4. The first kappa shape index (κ1) is 15.1. The molecule has 2 aromatic rings. The molecule has 21 heavy (non-hydrogen) atoms. The quantitative estimate of drug-likeness (QED) is 0.682. The second-order valence-corrected chi connectivity index (χ2v) is 7.00. The van der Waals surface area contributed by atoms with Gasteiger partial charge in [-0.25, -0.2) is 0 Å². The lowest BCUT2D eigenvalue weighted by molar-refractivity contribution is 0.297. The predicted octanol–water partition coefficient (Wildman–Crippen LogP) is 4.26. The molecule has 0 spiro atoms. The first-order chi connectivity index (χ1) is 10.1. The van der Waals surface area contributed by atoms with Crippen LogP contribution in [-0.2, 0) is 0 Å². The van der Waals surface area contributed by atoms with E-state index in [0.29, 0.717) is 13.2 Å². The van der Waals surface area contributed by atoms with Crippen molar-refractivity contribution in [3.63, 3.8) is 0 Å². The first-order valence-electron chi connectivity index (χ1n) is 6.75. The lowest BCUT2D eigenvalue weighted by atomic mass is 9.99. The Balaban J connectivity index is 2.00. The molecule has 0 bridgehead atoms. The van der Waals surface area contributed by atoms with E-state index >= 15 is 0 Å². The molecule has 0 saturated carbocycles. The summed E-state index contributed by atoms with van der Waals surface area (Å²) in [5.74, 6) is 1.55. The summed E-state index contributed by atoms with van der Waals surface area (Å²) in [5, 5.41) is 0. The number of ether oxygens (including phenoxy) is 2. The Bertz CT molecular complexity index is 663. The summed E-state index contributed by atoms with van der Waals surface area (Å²) < 4.78 is 13.6. The third-order valence-corrected chi connectivity index (χ3v) is 4.77. The van der Waals surface area contributed by atoms with Crippen molar-refractivity contribution >= 4 is 38.5 Å². The van der Waals surface area contributed by atoms with Crippen LogP contribution in [0.2, 0.25) is 0 Å². The fourth-order valence-corrected chi connectivity index (χ4v) is 3.45. The van der Waals surface area contributed by atoms with Crippen LogP contribution in [0.1, 0.15) is 23.6 Å². The highest BCUT2D eigenvalue weighted by atomic mass is 127. The number of fused-ring (bicyclic) bond motifs is 1. The summed E-state index contributed by atoms with van der Waals surface area (Å²) >= 11 is 5.89. The van der Waals surface area contributed by atoms with E-state index in [4.69, 9.17) is 15.2 Å². The van der Waals surface area contributed by atoms with Crippen LogP contribution in [0.3, 0.4) is 0 Å². The molecule has 2 aromatic carbocycles. The highest BCUT2D eigenvalue weighted by Crippen LogP contribution is 2.38. The van der Waals surface area contributed by atoms with Gasteiger partial charge in [0, 0.05) is 14.5 Å². The molecule has 1 aliphatic heterocycles. The third-order valence-electron chi connectivity index (χ3n) is 3.41. The summed E-state index contributed by atoms with van der Waals surface area (Å²) in [5.41, 5.74) is 8.51. The number of rotatable bonds is 2. The average molecular weight is 460 g/mol. The highest BCUT2D eigenvalue weighted by molar-refractivity contribution is 14.1. The molecule has 0 fully saturated rings. The molecule has 2 N–H and O–H groups in total. The molecule has 0 amide bonds. The molecule has 1 heterocycles. The number of nitrogens with two attached hydrogens (primary N) is 1. The number of hydrogen-bond donors (Lipinski definition) is 1. The maximum Gasteiger partial charge on any atom is 0.162 e. The van der Waals surface area contributed by atoms with E-state index in [9.17, 15) is 0 Å². The molecule has 110 valence electrons. The minimum Gasteiger partial charge on any atom is -0.490 e. The van der Waals surface area contributed by atoms with Crippen LogP contribution in [0.5, 0.6) is 11.5 Å². The third kappa shape index (κ3) is 3.35. The van der Waals surface area contributed by atoms with Crippen LogP contribution >= 0.6 is 38.5 Å². The van der Waals surface area contributed by atoms with Crippen molar-refractivity contribution in [3.05, 3.63) is 55.6 Å². The average Bonchev–Trinajstić information content (AvgIpc) is 2.70. The highest BCUT2D eigenvalue weighted by Gasteiger charge is 2.18. The van der Waals surface area contributed by atoms with Gasteiger partial charge in [-0.05, 0) is 58.0 Å². The van der Waals surface area contributed by atoms with Crippen molar-refractivity contribution in [2.24, 2.45) is 5.73 Å². The van der Waals surface area contributed by atoms with Gasteiger partial charge in [-0.2, -0.15) is 0 Å². The molecular formula is C16H15BrINO2. The summed E-state index contributed by atoms with van der Waals surface area (Å²) in [7, 11) is 0. The van der Waals surface area contributed by atoms with Gasteiger partial charge in [-0.3, -0.25) is 0 Å². The summed E-state index contributed by atoms with van der Waals surface area (Å²) in [6, 6.07) is 11.9. The van der Waals surface area contributed by atoms with Gasteiger partial charge in [0.05, 0.1) is 19.3 Å². The molecule has 1 unspecified atom stereocenters. The van der Waals surface area contributed by atoms with E-state index in [2.05, 4.69) is 50.7 Å². The maximum atomic E-state index is 6.43. The van der Waals surface area contributed by atoms with Crippen molar-refractivity contribution in [3.8, 4) is 11.5 Å². The fraction of sp³-hybridized carbons (Fsp3) is 0.250. The van der Waals surface area contributed by atoms with Crippen LogP contribution in [0, 0.1) is 3.57 Å². The van der Waals surface area contributed by atoms with Crippen molar-refractivity contribution in [2.45, 2.75) is 12.5 Å². The van der Waals surface area contributed by atoms with Gasteiger partial charge >= 0.3 is 0 Å². The van der Waals surface area contributed by atoms with Crippen molar-refractivity contribution in [1.29, 1.82) is 0 Å². The second-order valence-electron chi connectivity index (χ2n) is 4.90. The van der Waals surface area contributed by atoms with Crippen molar-refractivity contribution in [2.75, 3.05) is 13.2 Å². The summed E-state index contributed by atoms with van der Waals surface area (Å²) in [6.07, 6.45) is 0.893. The molecule has 3 rings (SSSR count). The molecule has 3 nitrogen and oxygen atoms in total. The number of hydrogen-bond acceptors (Lipinski definition) is 3. The molecule has 1 atom stereocenters. The van der Waals surface area contributed by atoms with Crippen LogP contribution in [0.4, 0.5) is 0 Å². The van der Waals surface area contributed by atoms with E-state index in [1.165, 1.54) is 3.57 Å². The monoisotopic (exact) mass is 459 g/mol. The van der Waals surface area contributed by atoms with E-state index in [-0.39, 0.29) is 6.04 Å². The summed E-state index contributed by atoms with van der Waals surface area (Å²) in [4.78, 5) is 0. The van der Waals surface area contributed by atoms with Gasteiger partial charge in [0.1, 0.15) is 0 Å². The number of halogens is 2.